The molecule has 3 unspecified atom stereocenters. The summed E-state index contributed by atoms with van der Waals surface area (Å²) in [6, 6.07) is 13.4. The van der Waals surface area contributed by atoms with Gasteiger partial charge in [0, 0.05) is 36.4 Å². The van der Waals surface area contributed by atoms with Gasteiger partial charge in [0.15, 0.2) is 0 Å². The topological polar surface area (TPSA) is 53.2 Å². The molecule has 22 heavy (non-hydrogen) atoms. The predicted molar refractivity (Wildman–Crippen MR) is 89.3 cm³/mol. The smallest absolute Gasteiger partial charge is 0.251 e. The number of carbonyl (C=O) groups is 1. The Morgan fingerprint density at radius 3 is 2.73 bits per heavy atom. The number of hydrogen-bond acceptors (Lipinski definition) is 3. The molecule has 4 heteroatoms. The normalized spacial score (nSPS) is 26.3. The molecule has 2 saturated heterocycles. The van der Waals surface area contributed by atoms with E-state index in [-0.39, 0.29) is 11.9 Å². The minimum atomic E-state index is 0.0381. The molecule has 2 aromatic rings. The molecule has 2 bridgehead atoms. The number of anilines is 1. The van der Waals surface area contributed by atoms with Gasteiger partial charge in [-0.05, 0) is 54.3 Å². The van der Waals surface area contributed by atoms with Gasteiger partial charge in [-0.25, -0.2) is 0 Å². The molecule has 0 aliphatic carbocycles. The van der Waals surface area contributed by atoms with Crippen LogP contribution in [-0.4, -0.2) is 31.1 Å². The average molecular weight is 295 g/mol. The lowest BCUT2D eigenvalue weighted by molar-refractivity contribution is 0.0931. The van der Waals surface area contributed by atoms with Crippen LogP contribution in [0.2, 0.25) is 0 Å². The van der Waals surface area contributed by atoms with Gasteiger partial charge in [-0.2, -0.15) is 0 Å². The minimum absolute atomic E-state index is 0.0381. The second-order valence-electron chi connectivity index (χ2n) is 6.39. The van der Waals surface area contributed by atoms with Gasteiger partial charge in [-0.3, -0.25) is 4.79 Å². The monoisotopic (exact) mass is 295 g/mol. The molecule has 4 nitrogen and oxygen atoms in total. The van der Waals surface area contributed by atoms with Gasteiger partial charge in [0.1, 0.15) is 0 Å². The fourth-order valence-electron chi connectivity index (χ4n) is 3.78. The van der Waals surface area contributed by atoms with Crippen molar-refractivity contribution in [3.63, 3.8) is 0 Å². The van der Waals surface area contributed by atoms with Crippen LogP contribution in [0.1, 0.15) is 29.6 Å². The van der Waals surface area contributed by atoms with Crippen molar-refractivity contribution in [3.8, 4) is 0 Å². The summed E-state index contributed by atoms with van der Waals surface area (Å²) in [5.74, 6) is 0.0381. The van der Waals surface area contributed by atoms with Crippen molar-refractivity contribution >= 4 is 22.4 Å². The molecule has 2 fully saturated rings. The van der Waals surface area contributed by atoms with Crippen LogP contribution in [0.5, 0.6) is 0 Å². The first-order chi connectivity index (χ1) is 10.7. The highest BCUT2D eigenvalue weighted by Gasteiger charge is 2.39. The van der Waals surface area contributed by atoms with E-state index in [4.69, 9.17) is 0 Å². The van der Waals surface area contributed by atoms with E-state index in [1.165, 1.54) is 12.8 Å². The Hall–Kier alpha value is -2.07. The van der Waals surface area contributed by atoms with E-state index in [1.54, 1.807) is 0 Å². The van der Waals surface area contributed by atoms with Gasteiger partial charge in [0.05, 0.1) is 0 Å². The molecular formula is C18H21N3O. The van der Waals surface area contributed by atoms with Gasteiger partial charge >= 0.3 is 0 Å². The fraction of sp³-hybridized carbons (Fsp3) is 0.389. The van der Waals surface area contributed by atoms with Gasteiger partial charge in [-0.15, -0.1) is 0 Å². The zero-order valence-corrected chi connectivity index (χ0v) is 12.7. The van der Waals surface area contributed by atoms with Crippen LogP contribution in [0.4, 0.5) is 5.69 Å². The van der Waals surface area contributed by atoms with E-state index in [0.29, 0.717) is 12.1 Å². The van der Waals surface area contributed by atoms with Crippen LogP contribution in [0.25, 0.3) is 10.8 Å². The minimum Gasteiger partial charge on any atom is -0.388 e. The molecule has 2 heterocycles. The van der Waals surface area contributed by atoms with Crippen molar-refractivity contribution in [3.05, 3.63) is 42.0 Å². The maximum atomic E-state index is 12.5. The van der Waals surface area contributed by atoms with Gasteiger partial charge in [0.2, 0.25) is 0 Å². The summed E-state index contributed by atoms with van der Waals surface area (Å²) in [6.45, 7) is 0. The highest BCUT2D eigenvalue weighted by molar-refractivity contribution is 5.99. The summed E-state index contributed by atoms with van der Waals surface area (Å²) < 4.78 is 0. The summed E-state index contributed by atoms with van der Waals surface area (Å²) in [5.41, 5.74) is 1.80. The first kappa shape index (κ1) is 13.6. The van der Waals surface area contributed by atoms with Crippen molar-refractivity contribution in [1.82, 2.24) is 10.6 Å². The second-order valence-corrected chi connectivity index (χ2v) is 6.39. The van der Waals surface area contributed by atoms with E-state index in [2.05, 4.69) is 28.1 Å². The molecule has 3 atom stereocenters. The third-order valence-electron chi connectivity index (χ3n) is 5.01. The SMILES string of the molecule is CNc1ccc2ccc(C(=O)NC3CC4CCC3N4)cc2c1. The fourth-order valence-corrected chi connectivity index (χ4v) is 3.78. The molecule has 114 valence electrons. The largest absolute Gasteiger partial charge is 0.388 e. The second kappa shape index (κ2) is 5.29. The number of carbonyl (C=O) groups excluding carboxylic acids is 1. The zero-order chi connectivity index (χ0) is 15.1. The van der Waals surface area contributed by atoms with E-state index >= 15 is 0 Å². The molecule has 2 aromatic carbocycles. The van der Waals surface area contributed by atoms with Crippen molar-refractivity contribution < 1.29 is 4.79 Å². The number of benzene rings is 2. The Morgan fingerprint density at radius 1 is 1.14 bits per heavy atom. The van der Waals surface area contributed by atoms with Crippen molar-refractivity contribution in [2.75, 3.05) is 12.4 Å². The lowest BCUT2D eigenvalue weighted by Gasteiger charge is -2.21. The molecule has 0 radical (unpaired) electrons. The third kappa shape index (κ3) is 2.33. The van der Waals surface area contributed by atoms with E-state index in [9.17, 15) is 4.79 Å². The summed E-state index contributed by atoms with van der Waals surface area (Å²) in [6.07, 6.45) is 3.49. The number of nitrogens with one attached hydrogen (secondary N) is 3. The average Bonchev–Trinajstić information content (AvgIpc) is 3.16. The van der Waals surface area contributed by atoms with Crippen LogP contribution in [0.3, 0.4) is 0 Å². The molecular weight excluding hydrogens is 274 g/mol. The Kier molecular flexibility index (Phi) is 3.26. The van der Waals surface area contributed by atoms with Crippen molar-refractivity contribution in [1.29, 1.82) is 0 Å². The van der Waals surface area contributed by atoms with Crippen LogP contribution < -0.4 is 16.0 Å². The molecule has 2 aliphatic rings. The van der Waals surface area contributed by atoms with Crippen LogP contribution >= 0.6 is 0 Å². The zero-order valence-electron chi connectivity index (χ0n) is 12.7. The molecule has 0 saturated carbocycles. The third-order valence-corrected chi connectivity index (χ3v) is 5.01. The van der Waals surface area contributed by atoms with Gasteiger partial charge in [-0.1, -0.05) is 12.1 Å². The first-order valence-electron chi connectivity index (χ1n) is 8.01. The van der Waals surface area contributed by atoms with Crippen LogP contribution in [0, 0.1) is 0 Å². The summed E-state index contributed by atoms with van der Waals surface area (Å²) >= 11 is 0. The quantitative estimate of drug-likeness (QED) is 0.815. The number of rotatable bonds is 3. The van der Waals surface area contributed by atoms with Crippen molar-refractivity contribution in [2.45, 2.75) is 37.4 Å². The molecule has 1 amide bonds. The highest BCUT2D eigenvalue weighted by Crippen LogP contribution is 2.28. The number of amides is 1. The molecule has 0 spiro atoms. The summed E-state index contributed by atoms with van der Waals surface area (Å²) in [4.78, 5) is 12.5. The van der Waals surface area contributed by atoms with E-state index in [0.717, 1.165) is 28.4 Å². The first-order valence-corrected chi connectivity index (χ1v) is 8.01. The Bertz CT molecular complexity index is 727. The van der Waals surface area contributed by atoms with Crippen LogP contribution in [0.15, 0.2) is 36.4 Å². The lowest BCUT2D eigenvalue weighted by atomic mass is 9.95. The maximum Gasteiger partial charge on any atom is 0.251 e. The number of fused-ring (bicyclic) bond motifs is 3. The Morgan fingerprint density at radius 2 is 2.00 bits per heavy atom. The van der Waals surface area contributed by atoms with Crippen LogP contribution in [-0.2, 0) is 0 Å². The lowest BCUT2D eigenvalue weighted by Crippen LogP contribution is -2.42. The highest BCUT2D eigenvalue weighted by atomic mass is 16.1. The molecule has 0 aromatic heterocycles. The molecule has 4 rings (SSSR count). The summed E-state index contributed by atoms with van der Waals surface area (Å²) in [5, 5.41) is 12.1. The van der Waals surface area contributed by atoms with Gasteiger partial charge in [0.25, 0.3) is 5.91 Å². The summed E-state index contributed by atoms with van der Waals surface area (Å²) in [7, 11) is 1.90. The predicted octanol–water partition coefficient (Wildman–Crippen LogP) is 2.50. The standard InChI is InChI=1S/C18H21N3O/c1-19-14-5-4-11-2-3-12(8-13(11)9-14)18(22)21-17-10-15-6-7-16(17)20-15/h2-5,8-9,15-17,19-20H,6-7,10H2,1H3,(H,21,22). The maximum absolute atomic E-state index is 12.5. The molecule has 3 N–H and O–H groups in total. The Balaban J connectivity index is 1.56. The van der Waals surface area contributed by atoms with Gasteiger partial charge < -0.3 is 16.0 Å². The van der Waals surface area contributed by atoms with E-state index < -0.39 is 0 Å². The number of hydrogen-bond donors (Lipinski definition) is 3. The van der Waals surface area contributed by atoms with E-state index in [1.807, 2.05) is 31.3 Å². The molecule has 2 aliphatic heterocycles. The Labute approximate surface area is 130 Å². The van der Waals surface area contributed by atoms with Crippen molar-refractivity contribution in [2.24, 2.45) is 0 Å².